The SMILES string of the molecule is Cc1cc(C(=O)O)cc2c1OCC[C@@H]2N.Cl. The first kappa shape index (κ1) is 12.8. The number of ether oxygens (including phenoxy) is 1. The first-order chi connectivity index (χ1) is 7.09. The van der Waals surface area contributed by atoms with E-state index in [2.05, 4.69) is 0 Å². The summed E-state index contributed by atoms with van der Waals surface area (Å²) in [7, 11) is 0. The molecule has 0 bridgehead atoms. The van der Waals surface area contributed by atoms with E-state index in [9.17, 15) is 4.79 Å². The maximum atomic E-state index is 10.9. The van der Waals surface area contributed by atoms with Gasteiger partial charge in [-0.2, -0.15) is 0 Å². The number of carbonyl (C=O) groups is 1. The zero-order chi connectivity index (χ0) is 11.0. The van der Waals surface area contributed by atoms with E-state index in [0.29, 0.717) is 6.61 Å². The average Bonchev–Trinajstić information content (AvgIpc) is 2.19. The molecule has 1 atom stereocenters. The van der Waals surface area contributed by atoms with Gasteiger partial charge in [-0.05, 0) is 24.6 Å². The van der Waals surface area contributed by atoms with Crippen molar-refractivity contribution < 1.29 is 14.6 Å². The molecular weight excluding hydrogens is 230 g/mol. The van der Waals surface area contributed by atoms with Gasteiger partial charge in [-0.3, -0.25) is 0 Å². The van der Waals surface area contributed by atoms with Gasteiger partial charge in [0.05, 0.1) is 12.2 Å². The molecule has 0 aromatic heterocycles. The molecule has 1 aliphatic heterocycles. The first-order valence-electron chi connectivity index (χ1n) is 4.86. The van der Waals surface area contributed by atoms with E-state index >= 15 is 0 Å². The Kier molecular flexibility index (Phi) is 3.78. The minimum atomic E-state index is -0.932. The number of carboxylic acid groups (broad SMARTS) is 1. The Labute approximate surface area is 99.8 Å². The lowest BCUT2D eigenvalue weighted by molar-refractivity contribution is 0.0696. The lowest BCUT2D eigenvalue weighted by Gasteiger charge is -2.24. The molecule has 2 rings (SSSR count). The number of benzene rings is 1. The van der Waals surface area contributed by atoms with Crippen LogP contribution in [0.4, 0.5) is 0 Å². The Bertz CT molecular complexity index is 420. The van der Waals surface area contributed by atoms with Crippen molar-refractivity contribution in [1.82, 2.24) is 0 Å². The van der Waals surface area contributed by atoms with Gasteiger partial charge in [0.25, 0.3) is 0 Å². The summed E-state index contributed by atoms with van der Waals surface area (Å²) in [5, 5.41) is 8.92. The van der Waals surface area contributed by atoms with E-state index in [1.807, 2.05) is 6.92 Å². The van der Waals surface area contributed by atoms with Crippen molar-refractivity contribution in [3.63, 3.8) is 0 Å². The zero-order valence-corrected chi connectivity index (χ0v) is 9.71. The first-order valence-corrected chi connectivity index (χ1v) is 4.86. The summed E-state index contributed by atoms with van der Waals surface area (Å²) in [5.41, 5.74) is 7.82. The van der Waals surface area contributed by atoms with Gasteiger partial charge >= 0.3 is 5.97 Å². The normalized spacial score (nSPS) is 18.0. The molecule has 16 heavy (non-hydrogen) atoms. The molecule has 0 fully saturated rings. The fourth-order valence-electron chi connectivity index (χ4n) is 1.84. The van der Waals surface area contributed by atoms with Crippen molar-refractivity contribution in [3.05, 3.63) is 28.8 Å². The van der Waals surface area contributed by atoms with Crippen molar-refractivity contribution in [3.8, 4) is 5.75 Å². The molecule has 88 valence electrons. The summed E-state index contributed by atoms with van der Waals surface area (Å²) in [4.78, 5) is 10.9. The highest BCUT2D eigenvalue weighted by molar-refractivity contribution is 5.88. The van der Waals surface area contributed by atoms with Gasteiger partial charge in [-0.1, -0.05) is 0 Å². The molecule has 1 heterocycles. The zero-order valence-electron chi connectivity index (χ0n) is 8.90. The monoisotopic (exact) mass is 243 g/mol. The number of aromatic carboxylic acids is 1. The van der Waals surface area contributed by atoms with Gasteiger partial charge in [0.15, 0.2) is 0 Å². The fraction of sp³-hybridized carbons (Fsp3) is 0.364. The highest BCUT2D eigenvalue weighted by Gasteiger charge is 2.21. The van der Waals surface area contributed by atoms with Crippen molar-refractivity contribution in [2.75, 3.05) is 6.61 Å². The molecular formula is C11H14ClNO3. The summed E-state index contributed by atoms with van der Waals surface area (Å²) < 4.78 is 5.49. The second kappa shape index (κ2) is 4.72. The van der Waals surface area contributed by atoms with Gasteiger partial charge in [-0.15, -0.1) is 12.4 Å². The van der Waals surface area contributed by atoms with Crippen LogP contribution in [0.2, 0.25) is 0 Å². The van der Waals surface area contributed by atoms with Crippen LogP contribution in [0.15, 0.2) is 12.1 Å². The topological polar surface area (TPSA) is 72.5 Å². The van der Waals surface area contributed by atoms with Crippen LogP contribution in [-0.4, -0.2) is 17.7 Å². The van der Waals surface area contributed by atoms with Crippen LogP contribution in [0.1, 0.15) is 33.9 Å². The van der Waals surface area contributed by atoms with Crippen molar-refractivity contribution in [2.24, 2.45) is 5.73 Å². The van der Waals surface area contributed by atoms with Crippen LogP contribution < -0.4 is 10.5 Å². The fourth-order valence-corrected chi connectivity index (χ4v) is 1.84. The van der Waals surface area contributed by atoms with Gasteiger partial charge in [-0.25, -0.2) is 4.79 Å². The molecule has 0 amide bonds. The summed E-state index contributed by atoms with van der Waals surface area (Å²) in [6, 6.07) is 3.10. The molecule has 0 radical (unpaired) electrons. The molecule has 4 nitrogen and oxygen atoms in total. The van der Waals surface area contributed by atoms with Crippen LogP contribution in [0, 0.1) is 6.92 Å². The predicted octanol–water partition coefficient (Wildman–Crippen LogP) is 1.90. The third-order valence-electron chi connectivity index (χ3n) is 2.63. The standard InChI is InChI=1S/C11H13NO3.ClH/c1-6-4-7(11(13)14)5-8-9(12)2-3-15-10(6)8;/h4-5,9H,2-3,12H2,1H3,(H,13,14);1H/t9-;/m0./s1. The summed E-state index contributed by atoms with van der Waals surface area (Å²) in [5.74, 6) is -0.183. The van der Waals surface area contributed by atoms with Crippen molar-refractivity contribution in [1.29, 1.82) is 0 Å². The number of hydrogen-bond acceptors (Lipinski definition) is 3. The largest absolute Gasteiger partial charge is 0.493 e. The highest BCUT2D eigenvalue weighted by Crippen LogP contribution is 2.34. The molecule has 3 N–H and O–H groups in total. The number of halogens is 1. The summed E-state index contributed by atoms with van der Waals surface area (Å²) in [6.07, 6.45) is 0.732. The Morgan fingerprint density at radius 2 is 2.25 bits per heavy atom. The Morgan fingerprint density at radius 1 is 1.56 bits per heavy atom. The number of carboxylic acids is 1. The van der Waals surface area contributed by atoms with E-state index in [4.69, 9.17) is 15.6 Å². The summed E-state index contributed by atoms with van der Waals surface area (Å²) in [6.45, 7) is 2.44. The Hall–Kier alpha value is -1.26. The molecule has 1 aliphatic rings. The average molecular weight is 244 g/mol. The highest BCUT2D eigenvalue weighted by atomic mass is 35.5. The van der Waals surface area contributed by atoms with Gasteiger partial charge in [0.2, 0.25) is 0 Å². The number of fused-ring (bicyclic) bond motifs is 1. The minimum Gasteiger partial charge on any atom is -0.493 e. The van der Waals surface area contributed by atoms with E-state index in [-0.39, 0.29) is 24.0 Å². The maximum absolute atomic E-state index is 10.9. The molecule has 0 saturated heterocycles. The number of rotatable bonds is 1. The van der Waals surface area contributed by atoms with Gasteiger partial charge < -0.3 is 15.6 Å². The molecule has 1 aromatic rings. The molecule has 0 aliphatic carbocycles. The van der Waals surface area contributed by atoms with Crippen LogP contribution in [0.25, 0.3) is 0 Å². The second-order valence-electron chi connectivity index (χ2n) is 3.76. The molecule has 5 heteroatoms. The van der Waals surface area contributed by atoms with Crippen molar-refractivity contribution >= 4 is 18.4 Å². The Balaban J connectivity index is 0.00000128. The number of nitrogens with two attached hydrogens (primary N) is 1. The smallest absolute Gasteiger partial charge is 0.335 e. The van der Waals surface area contributed by atoms with Crippen LogP contribution in [0.5, 0.6) is 5.75 Å². The number of aryl methyl sites for hydroxylation is 1. The predicted molar refractivity (Wildman–Crippen MR) is 62.4 cm³/mol. The lowest BCUT2D eigenvalue weighted by Crippen LogP contribution is -2.21. The molecule has 1 aromatic carbocycles. The minimum absolute atomic E-state index is 0. The van der Waals surface area contributed by atoms with Crippen LogP contribution >= 0.6 is 12.4 Å². The van der Waals surface area contributed by atoms with E-state index in [1.165, 1.54) is 0 Å². The molecule has 0 spiro atoms. The number of hydrogen-bond donors (Lipinski definition) is 2. The maximum Gasteiger partial charge on any atom is 0.335 e. The van der Waals surface area contributed by atoms with E-state index < -0.39 is 5.97 Å². The molecule has 0 saturated carbocycles. The summed E-state index contributed by atoms with van der Waals surface area (Å²) >= 11 is 0. The molecule has 0 unspecified atom stereocenters. The Morgan fingerprint density at radius 3 is 2.88 bits per heavy atom. The van der Waals surface area contributed by atoms with Crippen molar-refractivity contribution in [2.45, 2.75) is 19.4 Å². The van der Waals surface area contributed by atoms with Crippen LogP contribution in [-0.2, 0) is 0 Å². The third kappa shape index (κ3) is 2.13. The lowest BCUT2D eigenvalue weighted by atomic mass is 9.96. The quantitative estimate of drug-likeness (QED) is 0.790. The van der Waals surface area contributed by atoms with E-state index in [0.717, 1.165) is 23.3 Å². The third-order valence-corrected chi connectivity index (χ3v) is 2.63. The van der Waals surface area contributed by atoms with E-state index in [1.54, 1.807) is 12.1 Å². The van der Waals surface area contributed by atoms with Crippen LogP contribution in [0.3, 0.4) is 0 Å². The second-order valence-corrected chi connectivity index (χ2v) is 3.76. The van der Waals surface area contributed by atoms with Gasteiger partial charge in [0, 0.05) is 18.0 Å². The van der Waals surface area contributed by atoms with Gasteiger partial charge in [0.1, 0.15) is 5.75 Å².